The van der Waals surface area contributed by atoms with Crippen LogP contribution >= 0.6 is 15.9 Å². The van der Waals surface area contributed by atoms with Crippen molar-refractivity contribution in [2.24, 2.45) is 0 Å². The zero-order chi connectivity index (χ0) is 13.2. The molecule has 0 N–H and O–H groups in total. The van der Waals surface area contributed by atoms with Crippen LogP contribution in [0, 0.1) is 0 Å². The molecule has 0 radical (unpaired) electrons. The molecule has 18 heavy (non-hydrogen) atoms. The molecule has 0 amide bonds. The van der Waals surface area contributed by atoms with Gasteiger partial charge in [-0.3, -0.25) is 0 Å². The highest BCUT2D eigenvalue weighted by molar-refractivity contribution is 9.09. The van der Waals surface area contributed by atoms with E-state index >= 15 is 0 Å². The minimum absolute atomic E-state index is 0.0674. The molecule has 1 aromatic carbocycles. The Labute approximate surface area is 112 Å². The van der Waals surface area contributed by atoms with Crippen molar-refractivity contribution < 1.29 is 17.9 Å². The normalized spacial score (nSPS) is 21.1. The maximum absolute atomic E-state index is 13.0. The Morgan fingerprint density at radius 3 is 2.72 bits per heavy atom. The van der Waals surface area contributed by atoms with Crippen LogP contribution in [0.3, 0.4) is 0 Å². The first kappa shape index (κ1) is 13.7. The Hall–Kier alpha value is -0.750. The Morgan fingerprint density at radius 1 is 1.33 bits per heavy atom. The third-order valence-corrected chi connectivity index (χ3v) is 3.67. The molecule has 0 aromatic heterocycles. The van der Waals surface area contributed by atoms with Crippen LogP contribution in [0.25, 0.3) is 0 Å². The summed E-state index contributed by atoms with van der Waals surface area (Å²) in [5.74, 6) is 0. The van der Waals surface area contributed by atoms with E-state index in [2.05, 4.69) is 15.9 Å². The maximum atomic E-state index is 13.0. The van der Waals surface area contributed by atoms with Crippen molar-refractivity contribution in [3.63, 3.8) is 0 Å². The van der Waals surface area contributed by atoms with E-state index in [1.807, 2.05) is 0 Å². The van der Waals surface area contributed by atoms with Crippen LogP contribution in [0.2, 0.25) is 0 Å². The van der Waals surface area contributed by atoms with Crippen LogP contribution in [0.5, 0.6) is 0 Å². The predicted molar refractivity (Wildman–Crippen MR) is 67.2 cm³/mol. The van der Waals surface area contributed by atoms with Gasteiger partial charge in [0.05, 0.1) is 24.8 Å². The van der Waals surface area contributed by atoms with Gasteiger partial charge in [0, 0.05) is 17.6 Å². The van der Waals surface area contributed by atoms with Crippen LogP contribution in [0.1, 0.15) is 5.56 Å². The minimum Gasteiger partial charge on any atom is -0.377 e. The van der Waals surface area contributed by atoms with Gasteiger partial charge in [-0.2, -0.15) is 13.2 Å². The van der Waals surface area contributed by atoms with Crippen molar-refractivity contribution in [1.82, 2.24) is 0 Å². The number of para-hydroxylation sites is 1. The molecule has 1 heterocycles. The fourth-order valence-corrected chi connectivity index (χ4v) is 2.60. The first-order valence-corrected chi connectivity index (χ1v) is 6.72. The van der Waals surface area contributed by atoms with Gasteiger partial charge in [0.2, 0.25) is 0 Å². The molecule has 0 spiro atoms. The highest BCUT2D eigenvalue weighted by Crippen LogP contribution is 2.37. The number of anilines is 1. The summed E-state index contributed by atoms with van der Waals surface area (Å²) in [5.41, 5.74) is -0.351. The average Bonchev–Trinajstić information content (AvgIpc) is 2.37. The molecule has 0 aliphatic carbocycles. The van der Waals surface area contributed by atoms with E-state index in [9.17, 15) is 13.2 Å². The zero-order valence-electron chi connectivity index (χ0n) is 9.58. The van der Waals surface area contributed by atoms with Crippen LogP contribution in [0.4, 0.5) is 18.9 Å². The van der Waals surface area contributed by atoms with Gasteiger partial charge in [-0.25, -0.2) is 0 Å². The van der Waals surface area contributed by atoms with Crippen LogP contribution < -0.4 is 4.90 Å². The van der Waals surface area contributed by atoms with Crippen molar-refractivity contribution in [2.45, 2.75) is 12.2 Å². The number of ether oxygens (including phenoxy) is 1. The second kappa shape index (κ2) is 5.48. The summed E-state index contributed by atoms with van der Waals surface area (Å²) in [7, 11) is 0. The summed E-state index contributed by atoms with van der Waals surface area (Å²) >= 11 is 3.32. The standard InChI is InChI=1S/C12H13BrF3NO/c13-7-9-8-18-6-5-17(9)11-4-2-1-3-10(11)12(14,15)16/h1-4,9H,5-8H2. The van der Waals surface area contributed by atoms with E-state index in [0.29, 0.717) is 25.1 Å². The van der Waals surface area contributed by atoms with Crippen molar-refractivity contribution in [1.29, 1.82) is 0 Å². The van der Waals surface area contributed by atoms with Crippen molar-refractivity contribution in [2.75, 3.05) is 30.0 Å². The van der Waals surface area contributed by atoms with Crippen LogP contribution in [0.15, 0.2) is 24.3 Å². The summed E-state index contributed by atoms with van der Waals surface area (Å²) in [6, 6.07) is 5.61. The SMILES string of the molecule is FC(F)(F)c1ccccc1N1CCOCC1CBr. The van der Waals surface area contributed by atoms with E-state index in [-0.39, 0.29) is 11.7 Å². The highest BCUT2D eigenvalue weighted by atomic mass is 79.9. The summed E-state index contributed by atoms with van der Waals surface area (Å²) in [5, 5.41) is 0.583. The van der Waals surface area contributed by atoms with E-state index in [1.165, 1.54) is 12.1 Å². The van der Waals surface area contributed by atoms with E-state index in [4.69, 9.17) is 4.74 Å². The van der Waals surface area contributed by atoms with E-state index in [1.54, 1.807) is 11.0 Å². The smallest absolute Gasteiger partial charge is 0.377 e. The molecule has 2 nitrogen and oxygen atoms in total. The average molecular weight is 324 g/mol. The zero-order valence-corrected chi connectivity index (χ0v) is 11.2. The Morgan fingerprint density at radius 2 is 2.06 bits per heavy atom. The van der Waals surface area contributed by atoms with Crippen LogP contribution in [-0.2, 0) is 10.9 Å². The molecular weight excluding hydrogens is 311 g/mol. The molecule has 100 valence electrons. The molecular formula is C12H13BrF3NO. The molecule has 1 atom stereocenters. The number of rotatable bonds is 2. The quantitative estimate of drug-likeness (QED) is 0.774. The lowest BCUT2D eigenvalue weighted by molar-refractivity contribution is -0.137. The molecule has 1 aromatic rings. The van der Waals surface area contributed by atoms with Gasteiger partial charge in [-0.15, -0.1) is 0 Å². The molecule has 0 saturated carbocycles. The largest absolute Gasteiger partial charge is 0.418 e. The lowest BCUT2D eigenvalue weighted by Gasteiger charge is -2.37. The summed E-state index contributed by atoms with van der Waals surface area (Å²) in [6.45, 7) is 1.37. The lowest BCUT2D eigenvalue weighted by atomic mass is 10.1. The summed E-state index contributed by atoms with van der Waals surface area (Å²) in [6.07, 6.45) is -4.33. The second-order valence-corrected chi connectivity index (χ2v) is 4.74. The molecule has 1 aliphatic rings. The number of hydrogen-bond acceptors (Lipinski definition) is 2. The second-order valence-electron chi connectivity index (χ2n) is 4.09. The third kappa shape index (κ3) is 2.80. The van der Waals surface area contributed by atoms with E-state index < -0.39 is 11.7 Å². The van der Waals surface area contributed by atoms with Crippen molar-refractivity contribution >= 4 is 21.6 Å². The number of nitrogens with zero attached hydrogens (tertiary/aromatic N) is 1. The Balaban J connectivity index is 2.37. The number of morpholine rings is 1. The van der Waals surface area contributed by atoms with E-state index in [0.717, 1.165) is 6.07 Å². The molecule has 1 fully saturated rings. The van der Waals surface area contributed by atoms with Gasteiger partial charge in [-0.05, 0) is 12.1 Å². The Kier molecular flexibility index (Phi) is 4.17. The fourth-order valence-electron chi connectivity index (χ4n) is 2.06. The summed E-state index contributed by atoms with van der Waals surface area (Å²) in [4.78, 5) is 1.76. The van der Waals surface area contributed by atoms with Gasteiger partial charge in [0.25, 0.3) is 0 Å². The highest BCUT2D eigenvalue weighted by Gasteiger charge is 2.36. The monoisotopic (exact) mass is 323 g/mol. The predicted octanol–water partition coefficient (Wildman–Crippen LogP) is 3.31. The van der Waals surface area contributed by atoms with Gasteiger partial charge in [-0.1, -0.05) is 28.1 Å². The first-order valence-electron chi connectivity index (χ1n) is 5.60. The van der Waals surface area contributed by atoms with Gasteiger partial charge >= 0.3 is 6.18 Å². The fraction of sp³-hybridized carbons (Fsp3) is 0.500. The number of alkyl halides is 4. The molecule has 6 heteroatoms. The topological polar surface area (TPSA) is 12.5 Å². The van der Waals surface area contributed by atoms with Crippen LogP contribution in [-0.4, -0.2) is 31.1 Å². The number of hydrogen-bond donors (Lipinski definition) is 0. The van der Waals surface area contributed by atoms with Crippen molar-refractivity contribution in [3.8, 4) is 0 Å². The molecule has 1 saturated heterocycles. The number of benzene rings is 1. The third-order valence-electron chi connectivity index (χ3n) is 2.92. The maximum Gasteiger partial charge on any atom is 0.418 e. The van der Waals surface area contributed by atoms with Gasteiger partial charge in [0.1, 0.15) is 0 Å². The lowest BCUT2D eigenvalue weighted by Crippen LogP contribution is -2.47. The number of halogens is 4. The van der Waals surface area contributed by atoms with Gasteiger partial charge in [0.15, 0.2) is 0 Å². The van der Waals surface area contributed by atoms with Crippen molar-refractivity contribution in [3.05, 3.63) is 29.8 Å². The molecule has 0 bridgehead atoms. The molecule has 2 rings (SSSR count). The molecule has 1 aliphatic heterocycles. The Bertz CT molecular complexity index is 411. The first-order chi connectivity index (χ1) is 8.54. The summed E-state index contributed by atoms with van der Waals surface area (Å²) < 4.78 is 44.2. The van der Waals surface area contributed by atoms with Gasteiger partial charge < -0.3 is 9.64 Å². The minimum atomic E-state index is -4.33. The molecule has 1 unspecified atom stereocenters.